The van der Waals surface area contributed by atoms with Crippen LogP contribution in [-0.4, -0.2) is 43.1 Å². The number of benzene rings is 1. The first-order chi connectivity index (χ1) is 13.3. The lowest BCUT2D eigenvalue weighted by Crippen LogP contribution is -2.49. The third-order valence-electron chi connectivity index (χ3n) is 4.91. The summed E-state index contributed by atoms with van der Waals surface area (Å²) in [4.78, 5) is 7.23. The molecule has 0 unspecified atom stereocenters. The van der Waals surface area contributed by atoms with Gasteiger partial charge in [0.25, 0.3) is 0 Å². The molecule has 0 amide bonds. The van der Waals surface area contributed by atoms with Gasteiger partial charge in [0.2, 0.25) is 0 Å². The molecule has 5 heteroatoms. The topological polar surface area (TPSA) is 52.8 Å². The van der Waals surface area contributed by atoms with Crippen molar-refractivity contribution in [3.8, 4) is 0 Å². The number of likely N-dealkylation sites (tertiary alicyclic amines) is 1. The van der Waals surface area contributed by atoms with E-state index >= 15 is 0 Å². The molecule has 1 aliphatic rings. The number of hydrogen-bond acceptors (Lipinski definition) is 3. The minimum atomic E-state index is 0.490. The fourth-order valence-corrected chi connectivity index (χ4v) is 3.41. The molecular weight excluding hydrogens is 336 g/mol. The minimum absolute atomic E-state index is 0.490. The standard InChI is InChI=1S/C22H32N4O/c1-2-13-23-22(24-14-10-21-9-6-17-27-21)25-20-11-15-26(16-12-20)18-19-7-4-3-5-8-19/h3-9,17,20H,2,10-16,18H2,1H3,(H2,23,24,25). The predicted octanol–water partition coefficient (Wildman–Crippen LogP) is 3.43. The van der Waals surface area contributed by atoms with E-state index in [1.807, 2.05) is 12.1 Å². The first-order valence-corrected chi connectivity index (χ1v) is 10.2. The Hall–Kier alpha value is -2.27. The highest BCUT2D eigenvalue weighted by molar-refractivity contribution is 5.80. The highest BCUT2D eigenvalue weighted by Gasteiger charge is 2.20. The zero-order valence-corrected chi connectivity index (χ0v) is 16.4. The van der Waals surface area contributed by atoms with E-state index in [4.69, 9.17) is 9.41 Å². The summed E-state index contributed by atoms with van der Waals surface area (Å²) in [5.74, 6) is 1.94. The zero-order chi connectivity index (χ0) is 18.7. The van der Waals surface area contributed by atoms with E-state index in [0.29, 0.717) is 6.04 Å². The van der Waals surface area contributed by atoms with E-state index in [0.717, 1.165) is 70.1 Å². The Morgan fingerprint density at radius 1 is 1.15 bits per heavy atom. The van der Waals surface area contributed by atoms with E-state index < -0.39 is 0 Å². The summed E-state index contributed by atoms with van der Waals surface area (Å²) in [6.07, 6.45) is 5.95. The number of guanidine groups is 1. The number of aliphatic imine (C=N–C) groups is 1. The van der Waals surface area contributed by atoms with E-state index in [1.54, 1.807) is 6.26 Å². The van der Waals surface area contributed by atoms with Gasteiger partial charge in [-0.1, -0.05) is 37.3 Å². The van der Waals surface area contributed by atoms with Gasteiger partial charge in [0.05, 0.1) is 6.26 Å². The summed E-state index contributed by atoms with van der Waals surface area (Å²) in [5.41, 5.74) is 1.40. The lowest BCUT2D eigenvalue weighted by atomic mass is 10.0. The average molecular weight is 369 g/mol. The highest BCUT2D eigenvalue weighted by atomic mass is 16.3. The molecule has 2 aromatic rings. The maximum absolute atomic E-state index is 5.40. The summed E-state index contributed by atoms with van der Waals surface area (Å²) in [5, 5.41) is 7.09. The summed E-state index contributed by atoms with van der Waals surface area (Å²) in [6.45, 7) is 7.14. The number of hydrogen-bond donors (Lipinski definition) is 2. The molecule has 1 fully saturated rings. The zero-order valence-electron chi connectivity index (χ0n) is 16.4. The van der Waals surface area contributed by atoms with Gasteiger partial charge < -0.3 is 15.1 Å². The molecule has 0 bridgehead atoms. The molecule has 1 aliphatic heterocycles. The van der Waals surface area contributed by atoms with Crippen LogP contribution in [0.15, 0.2) is 58.1 Å². The van der Waals surface area contributed by atoms with Gasteiger partial charge in [-0.05, 0) is 37.0 Å². The molecule has 0 aliphatic carbocycles. The Morgan fingerprint density at radius 2 is 1.96 bits per heavy atom. The van der Waals surface area contributed by atoms with E-state index in [2.05, 4.69) is 52.8 Å². The van der Waals surface area contributed by atoms with Crippen LogP contribution in [0.5, 0.6) is 0 Å². The maximum Gasteiger partial charge on any atom is 0.191 e. The minimum Gasteiger partial charge on any atom is -0.469 e. The maximum atomic E-state index is 5.40. The van der Waals surface area contributed by atoms with Gasteiger partial charge in [-0.15, -0.1) is 0 Å². The van der Waals surface area contributed by atoms with Crippen molar-refractivity contribution in [2.45, 2.75) is 45.2 Å². The van der Waals surface area contributed by atoms with Crippen LogP contribution in [0.3, 0.4) is 0 Å². The summed E-state index contributed by atoms with van der Waals surface area (Å²) in [7, 11) is 0. The molecule has 27 heavy (non-hydrogen) atoms. The molecule has 0 radical (unpaired) electrons. The third kappa shape index (κ3) is 6.75. The van der Waals surface area contributed by atoms with Crippen molar-refractivity contribution in [2.24, 2.45) is 4.99 Å². The van der Waals surface area contributed by atoms with Crippen molar-refractivity contribution in [2.75, 3.05) is 26.2 Å². The molecule has 1 aromatic carbocycles. The Labute approximate surface area is 162 Å². The van der Waals surface area contributed by atoms with Crippen LogP contribution in [0.25, 0.3) is 0 Å². The van der Waals surface area contributed by atoms with Crippen LogP contribution in [0, 0.1) is 0 Å². The fourth-order valence-electron chi connectivity index (χ4n) is 3.41. The van der Waals surface area contributed by atoms with Crippen LogP contribution in [0.2, 0.25) is 0 Å². The van der Waals surface area contributed by atoms with Crippen LogP contribution in [-0.2, 0) is 13.0 Å². The Bertz CT molecular complexity index is 661. The number of nitrogens with zero attached hydrogens (tertiary/aromatic N) is 2. The number of furan rings is 1. The first kappa shape index (κ1) is 19.5. The van der Waals surface area contributed by atoms with Crippen LogP contribution in [0.1, 0.15) is 37.5 Å². The molecule has 2 heterocycles. The van der Waals surface area contributed by atoms with Crippen molar-refractivity contribution < 1.29 is 4.42 Å². The molecule has 1 saturated heterocycles. The Balaban J connectivity index is 1.42. The first-order valence-electron chi connectivity index (χ1n) is 10.2. The quantitative estimate of drug-likeness (QED) is 0.554. The molecule has 0 saturated carbocycles. The lowest BCUT2D eigenvalue weighted by Gasteiger charge is -2.33. The Kier molecular flexibility index (Phi) is 7.78. The van der Waals surface area contributed by atoms with Crippen molar-refractivity contribution >= 4 is 5.96 Å². The van der Waals surface area contributed by atoms with E-state index in [1.165, 1.54) is 5.56 Å². The average Bonchev–Trinajstić information content (AvgIpc) is 3.22. The third-order valence-corrected chi connectivity index (χ3v) is 4.91. The van der Waals surface area contributed by atoms with Gasteiger partial charge in [0.1, 0.15) is 5.76 Å². The van der Waals surface area contributed by atoms with Crippen molar-refractivity contribution in [1.82, 2.24) is 15.5 Å². The molecule has 5 nitrogen and oxygen atoms in total. The largest absolute Gasteiger partial charge is 0.469 e. The van der Waals surface area contributed by atoms with Crippen molar-refractivity contribution in [1.29, 1.82) is 0 Å². The number of piperidine rings is 1. The SMILES string of the molecule is CCCN=C(NCCc1ccco1)NC1CCN(Cc2ccccc2)CC1. The molecule has 0 atom stereocenters. The van der Waals surface area contributed by atoms with Gasteiger partial charge >= 0.3 is 0 Å². The van der Waals surface area contributed by atoms with Gasteiger partial charge in [-0.2, -0.15) is 0 Å². The monoisotopic (exact) mass is 368 g/mol. The smallest absolute Gasteiger partial charge is 0.191 e. The van der Waals surface area contributed by atoms with E-state index in [9.17, 15) is 0 Å². The second-order valence-corrected chi connectivity index (χ2v) is 7.17. The summed E-state index contributed by atoms with van der Waals surface area (Å²) < 4.78 is 5.40. The van der Waals surface area contributed by atoms with Crippen LogP contribution < -0.4 is 10.6 Å². The Morgan fingerprint density at radius 3 is 2.67 bits per heavy atom. The molecule has 3 rings (SSSR count). The second kappa shape index (κ2) is 10.8. The molecule has 0 spiro atoms. The number of nitrogens with one attached hydrogen (secondary N) is 2. The number of rotatable bonds is 8. The predicted molar refractivity (Wildman–Crippen MR) is 111 cm³/mol. The van der Waals surface area contributed by atoms with Gasteiger partial charge in [-0.3, -0.25) is 9.89 Å². The van der Waals surface area contributed by atoms with Crippen LogP contribution >= 0.6 is 0 Å². The molecule has 146 valence electrons. The lowest BCUT2D eigenvalue weighted by molar-refractivity contribution is 0.198. The summed E-state index contributed by atoms with van der Waals surface area (Å²) >= 11 is 0. The van der Waals surface area contributed by atoms with Crippen LogP contribution in [0.4, 0.5) is 0 Å². The molecular formula is C22H32N4O. The van der Waals surface area contributed by atoms with Gasteiger partial charge in [0.15, 0.2) is 5.96 Å². The summed E-state index contributed by atoms with van der Waals surface area (Å²) in [6, 6.07) is 15.2. The molecule has 2 N–H and O–H groups in total. The second-order valence-electron chi connectivity index (χ2n) is 7.17. The van der Waals surface area contributed by atoms with Gasteiger partial charge in [-0.25, -0.2) is 0 Å². The van der Waals surface area contributed by atoms with E-state index in [-0.39, 0.29) is 0 Å². The van der Waals surface area contributed by atoms with Crippen molar-refractivity contribution in [3.63, 3.8) is 0 Å². The fraction of sp³-hybridized carbons (Fsp3) is 0.500. The highest BCUT2D eigenvalue weighted by Crippen LogP contribution is 2.13. The normalized spacial score (nSPS) is 16.4. The van der Waals surface area contributed by atoms with Crippen molar-refractivity contribution in [3.05, 3.63) is 60.1 Å². The van der Waals surface area contributed by atoms with Gasteiger partial charge in [0, 0.05) is 45.2 Å². The molecule has 1 aromatic heterocycles.